The quantitative estimate of drug-likeness (QED) is 0.522. The first-order valence-corrected chi connectivity index (χ1v) is 12.0. The maximum atomic E-state index is 14.3. The van der Waals surface area contributed by atoms with E-state index in [-0.39, 0.29) is 22.7 Å². The third kappa shape index (κ3) is 4.78. The fraction of sp³-hybridized carbons (Fsp3) is 0.250. The fourth-order valence-corrected chi connectivity index (χ4v) is 4.46. The van der Waals surface area contributed by atoms with Gasteiger partial charge in [0.05, 0.1) is 15.7 Å². The lowest BCUT2D eigenvalue weighted by Crippen LogP contribution is -2.23. The zero-order valence-electron chi connectivity index (χ0n) is 16.5. The standard InChI is InChI=1S/C20H20FN5O3S2/c1-12(19(27)23-13-6-10-15(11-7-13)31(22,28)29)30-20-25-24-18(26(20)14-8-9-14)16-4-2-3-5-17(16)21/h2-7,10-12,14H,8-9H2,1H3,(H,23,27)(H2,22,28,29). The average Bonchev–Trinajstić information content (AvgIpc) is 3.48. The van der Waals surface area contributed by atoms with Gasteiger partial charge >= 0.3 is 0 Å². The number of rotatable bonds is 7. The minimum Gasteiger partial charge on any atom is -0.325 e. The number of nitrogens with two attached hydrogens (primary N) is 1. The molecule has 4 rings (SSSR count). The Morgan fingerprint density at radius 2 is 1.87 bits per heavy atom. The molecule has 162 valence electrons. The lowest BCUT2D eigenvalue weighted by atomic mass is 10.2. The zero-order valence-corrected chi connectivity index (χ0v) is 18.2. The summed E-state index contributed by atoms with van der Waals surface area (Å²) in [5.41, 5.74) is 0.821. The Kier molecular flexibility index (Phi) is 5.82. The second kappa shape index (κ2) is 8.40. The summed E-state index contributed by atoms with van der Waals surface area (Å²) in [5, 5.41) is 16.3. The van der Waals surface area contributed by atoms with Crippen molar-refractivity contribution in [3.8, 4) is 11.4 Å². The predicted octanol–water partition coefficient (Wildman–Crippen LogP) is 3.19. The van der Waals surface area contributed by atoms with Crippen LogP contribution in [0.25, 0.3) is 11.4 Å². The van der Waals surface area contributed by atoms with Crippen LogP contribution in [-0.2, 0) is 14.8 Å². The third-order valence-electron chi connectivity index (χ3n) is 4.79. The molecule has 11 heteroatoms. The van der Waals surface area contributed by atoms with E-state index in [9.17, 15) is 17.6 Å². The third-order valence-corrected chi connectivity index (χ3v) is 6.78. The number of hydrogen-bond acceptors (Lipinski definition) is 6. The van der Waals surface area contributed by atoms with Gasteiger partial charge < -0.3 is 5.32 Å². The molecule has 0 bridgehead atoms. The summed E-state index contributed by atoms with van der Waals surface area (Å²) < 4.78 is 38.9. The number of hydrogen-bond donors (Lipinski definition) is 2. The van der Waals surface area contributed by atoms with Crippen molar-refractivity contribution in [3.63, 3.8) is 0 Å². The molecule has 3 aromatic rings. The van der Waals surface area contributed by atoms with Crippen LogP contribution < -0.4 is 10.5 Å². The summed E-state index contributed by atoms with van der Waals surface area (Å²) in [4.78, 5) is 12.6. The predicted molar refractivity (Wildman–Crippen MR) is 115 cm³/mol. The molecular weight excluding hydrogens is 441 g/mol. The lowest BCUT2D eigenvalue weighted by Gasteiger charge is -2.14. The summed E-state index contributed by atoms with van der Waals surface area (Å²) >= 11 is 1.23. The van der Waals surface area contributed by atoms with E-state index in [0.717, 1.165) is 12.8 Å². The Hall–Kier alpha value is -2.76. The first-order valence-electron chi connectivity index (χ1n) is 9.54. The zero-order chi connectivity index (χ0) is 22.2. The van der Waals surface area contributed by atoms with Crippen molar-refractivity contribution in [2.75, 3.05) is 5.32 Å². The fourth-order valence-electron chi connectivity index (χ4n) is 3.03. The van der Waals surface area contributed by atoms with Gasteiger partial charge in [-0.25, -0.2) is 17.9 Å². The Morgan fingerprint density at radius 1 is 1.19 bits per heavy atom. The molecule has 1 aliphatic carbocycles. The molecule has 8 nitrogen and oxygen atoms in total. The Balaban J connectivity index is 1.50. The molecule has 2 aromatic carbocycles. The molecule has 0 radical (unpaired) electrons. The van der Waals surface area contributed by atoms with Crippen LogP contribution in [0.5, 0.6) is 0 Å². The van der Waals surface area contributed by atoms with Crippen molar-refractivity contribution in [2.24, 2.45) is 5.14 Å². The summed E-state index contributed by atoms with van der Waals surface area (Å²) in [5.74, 6) is -0.206. The number of carbonyl (C=O) groups excluding carboxylic acids is 1. The van der Waals surface area contributed by atoms with Crippen molar-refractivity contribution >= 4 is 33.4 Å². The monoisotopic (exact) mass is 461 g/mol. The van der Waals surface area contributed by atoms with Gasteiger partial charge in [-0.3, -0.25) is 9.36 Å². The van der Waals surface area contributed by atoms with Gasteiger partial charge in [-0.15, -0.1) is 10.2 Å². The molecule has 1 amide bonds. The van der Waals surface area contributed by atoms with Crippen LogP contribution in [0.3, 0.4) is 0 Å². The second-order valence-electron chi connectivity index (χ2n) is 7.21. The van der Waals surface area contributed by atoms with E-state index >= 15 is 0 Å². The highest BCUT2D eigenvalue weighted by molar-refractivity contribution is 8.00. The molecule has 0 aliphatic heterocycles. The lowest BCUT2D eigenvalue weighted by molar-refractivity contribution is -0.115. The number of aromatic nitrogens is 3. The van der Waals surface area contributed by atoms with Gasteiger partial charge in [-0.05, 0) is 56.2 Å². The van der Waals surface area contributed by atoms with Crippen molar-refractivity contribution in [2.45, 2.75) is 41.1 Å². The van der Waals surface area contributed by atoms with Gasteiger partial charge in [-0.2, -0.15) is 0 Å². The molecule has 0 saturated heterocycles. The second-order valence-corrected chi connectivity index (χ2v) is 10.1. The van der Waals surface area contributed by atoms with E-state index in [1.807, 2.05) is 4.57 Å². The van der Waals surface area contributed by atoms with Gasteiger partial charge in [-0.1, -0.05) is 23.9 Å². The molecule has 1 saturated carbocycles. The highest BCUT2D eigenvalue weighted by Crippen LogP contribution is 2.42. The van der Waals surface area contributed by atoms with Crippen molar-refractivity contribution < 1.29 is 17.6 Å². The minimum absolute atomic E-state index is 0.0360. The normalized spacial score (nSPS) is 14.9. The van der Waals surface area contributed by atoms with Crippen LogP contribution in [0.1, 0.15) is 25.8 Å². The molecule has 31 heavy (non-hydrogen) atoms. The smallest absolute Gasteiger partial charge is 0.238 e. The average molecular weight is 462 g/mol. The van der Waals surface area contributed by atoms with E-state index < -0.39 is 15.3 Å². The molecule has 1 fully saturated rings. The van der Waals surface area contributed by atoms with E-state index in [4.69, 9.17) is 5.14 Å². The first-order chi connectivity index (χ1) is 14.7. The molecular formula is C20H20FN5O3S2. The largest absolute Gasteiger partial charge is 0.325 e. The van der Waals surface area contributed by atoms with Crippen molar-refractivity contribution in [1.29, 1.82) is 0 Å². The first kappa shape index (κ1) is 21.5. The van der Waals surface area contributed by atoms with Gasteiger partial charge in [0.15, 0.2) is 11.0 Å². The van der Waals surface area contributed by atoms with E-state index in [2.05, 4.69) is 15.5 Å². The van der Waals surface area contributed by atoms with E-state index in [0.29, 0.717) is 22.2 Å². The van der Waals surface area contributed by atoms with Crippen LogP contribution in [-0.4, -0.2) is 34.3 Å². The minimum atomic E-state index is -3.80. The summed E-state index contributed by atoms with van der Waals surface area (Å²) in [6.07, 6.45) is 1.90. The topological polar surface area (TPSA) is 120 Å². The number of primary sulfonamides is 1. The maximum Gasteiger partial charge on any atom is 0.238 e. The van der Waals surface area contributed by atoms with Gasteiger partial charge in [0.2, 0.25) is 15.9 Å². The Bertz CT molecular complexity index is 1220. The Morgan fingerprint density at radius 3 is 2.48 bits per heavy atom. The number of sulfonamides is 1. The van der Waals surface area contributed by atoms with Crippen molar-refractivity contribution in [3.05, 3.63) is 54.3 Å². The van der Waals surface area contributed by atoms with Crippen LogP contribution in [0.2, 0.25) is 0 Å². The van der Waals surface area contributed by atoms with Crippen LogP contribution in [0.15, 0.2) is 58.6 Å². The van der Waals surface area contributed by atoms with Gasteiger partial charge in [0, 0.05) is 11.7 Å². The summed E-state index contributed by atoms with van der Waals surface area (Å²) in [7, 11) is -3.80. The molecule has 3 N–H and O–H groups in total. The number of thioether (sulfide) groups is 1. The van der Waals surface area contributed by atoms with Gasteiger partial charge in [0.25, 0.3) is 0 Å². The van der Waals surface area contributed by atoms with Gasteiger partial charge in [0.1, 0.15) is 5.82 Å². The Labute approximate surface area is 183 Å². The number of halogens is 1. The summed E-state index contributed by atoms with van der Waals surface area (Å²) in [6, 6.07) is 12.2. The number of anilines is 1. The number of amides is 1. The van der Waals surface area contributed by atoms with Crippen molar-refractivity contribution in [1.82, 2.24) is 14.8 Å². The SMILES string of the molecule is CC(Sc1nnc(-c2ccccc2F)n1C1CC1)C(=O)Nc1ccc(S(N)(=O)=O)cc1. The number of nitrogens with one attached hydrogen (secondary N) is 1. The highest BCUT2D eigenvalue weighted by Gasteiger charge is 2.32. The number of benzene rings is 2. The number of carbonyl (C=O) groups is 1. The molecule has 0 spiro atoms. The van der Waals surface area contributed by atoms with Crippen LogP contribution in [0, 0.1) is 5.82 Å². The molecule has 1 aromatic heterocycles. The van der Waals surface area contributed by atoms with E-state index in [1.165, 1.54) is 42.1 Å². The molecule has 1 aliphatic rings. The maximum absolute atomic E-state index is 14.3. The van der Waals surface area contributed by atoms with E-state index in [1.54, 1.807) is 25.1 Å². The van der Waals surface area contributed by atoms with Crippen LogP contribution >= 0.6 is 11.8 Å². The molecule has 1 atom stereocenters. The highest BCUT2D eigenvalue weighted by atomic mass is 32.2. The molecule has 1 unspecified atom stereocenters. The summed E-state index contributed by atoms with van der Waals surface area (Å²) in [6.45, 7) is 1.73. The molecule has 1 heterocycles. The number of nitrogens with zero attached hydrogens (tertiary/aromatic N) is 3. The van der Waals surface area contributed by atoms with Crippen LogP contribution in [0.4, 0.5) is 10.1 Å².